The predicted molar refractivity (Wildman–Crippen MR) is 90.1 cm³/mol. The third-order valence-electron chi connectivity index (χ3n) is 3.95. The van der Waals surface area contributed by atoms with Crippen LogP contribution >= 0.6 is 11.6 Å². The van der Waals surface area contributed by atoms with E-state index in [4.69, 9.17) is 16.3 Å². The number of halogens is 2. The van der Waals surface area contributed by atoms with Gasteiger partial charge in [0, 0.05) is 12.1 Å². The van der Waals surface area contributed by atoms with E-state index >= 15 is 0 Å². The van der Waals surface area contributed by atoms with Gasteiger partial charge in [0.1, 0.15) is 0 Å². The van der Waals surface area contributed by atoms with Gasteiger partial charge in [0.2, 0.25) is 0 Å². The summed E-state index contributed by atoms with van der Waals surface area (Å²) < 4.78 is 19.9. The van der Waals surface area contributed by atoms with Gasteiger partial charge in [0.15, 0.2) is 5.75 Å². The van der Waals surface area contributed by atoms with Crippen molar-refractivity contribution in [2.75, 3.05) is 7.11 Å². The molecule has 0 saturated heterocycles. The lowest BCUT2D eigenvalue weighted by Gasteiger charge is -2.16. The summed E-state index contributed by atoms with van der Waals surface area (Å²) in [6, 6.07) is 6.50. The number of pyridine rings is 1. The lowest BCUT2D eigenvalue weighted by Crippen LogP contribution is -2.24. The number of hydrogen-bond donors (Lipinski definition) is 0. The SMILES string of the molecule is COc1cc(C(C)n2cnc3ccc(CCl)cc3c2=O)cnc1F. The summed E-state index contributed by atoms with van der Waals surface area (Å²) >= 11 is 5.84. The number of methoxy groups -OCH3 is 1. The first-order valence-corrected chi connectivity index (χ1v) is 7.83. The molecule has 0 aliphatic carbocycles. The van der Waals surface area contributed by atoms with Crippen LogP contribution in [0.4, 0.5) is 4.39 Å². The second-order valence-corrected chi connectivity index (χ2v) is 5.65. The van der Waals surface area contributed by atoms with Gasteiger partial charge in [-0.05, 0) is 36.2 Å². The number of fused-ring (bicyclic) bond motifs is 1. The van der Waals surface area contributed by atoms with E-state index in [1.165, 1.54) is 30.3 Å². The molecule has 0 N–H and O–H groups in total. The minimum absolute atomic E-state index is 0.0329. The van der Waals surface area contributed by atoms with Gasteiger partial charge in [0.05, 0.1) is 30.4 Å². The summed E-state index contributed by atoms with van der Waals surface area (Å²) in [5.74, 6) is -0.339. The Morgan fingerprint density at radius 2 is 2.12 bits per heavy atom. The molecular formula is C17H15ClFN3O2. The molecule has 124 valence electrons. The van der Waals surface area contributed by atoms with Crippen LogP contribution in [0.25, 0.3) is 10.9 Å². The molecule has 0 aliphatic heterocycles. The lowest BCUT2D eigenvalue weighted by atomic mass is 10.1. The molecule has 1 aromatic carbocycles. The smallest absolute Gasteiger partial charge is 0.261 e. The number of alkyl halides is 1. The van der Waals surface area contributed by atoms with E-state index in [1.54, 1.807) is 12.1 Å². The van der Waals surface area contributed by atoms with Gasteiger partial charge < -0.3 is 4.74 Å². The Morgan fingerprint density at radius 3 is 2.83 bits per heavy atom. The van der Waals surface area contributed by atoms with E-state index in [2.05, 4.69) is 9.97 Å². The molecular weight excluding hydrogens is 333 g/mol. The van der Waals surface area contributed by atoms with Crippen molar-refractivity contribution in [3.63, 3.8) is 0 Å². The summed E-state index contributed by atoms with van der Waals surface area (Å²) in [5.41, 5.74) is 1.90. The van der Waals surface area contributed by atoms with Gasteiger partial charge in [-0.1, -0.05) is 6.07 Å². The van der Waals surface area contributed by atoms with Crippen molar-refractivity contribution in [2.24, 2.45) is 0 Å². The number of hydrogen-bond acceptors (Lipinski definition) is 4. The molecule has 7 heteroatoms. The van der Waals surface area contributed by atoms with E-state index in [9.17, 15) is 9.18 Å². The number of nitrogens with zero attached hydrogens (tertiary/aromatic N) is 3. The number of rotatable bonds is 4. The molecule has 0 bridgehead atoms. The molecule has 0 aliphatic rings. The highest BCUT2D eigenvalue weighted by molar-refractivity contribution is 6.17. The van der Waals surface area contributed by atoms with E-state index in [-0.39, 0.29) is 17.4 Å². The van der Waals surface area contributed by atoms with Gasteiger partial charge in [0.25, 0.3) is 11.5 Å². The fraction of sp³-hybridized carbons (Fsp3) is 0.235. The first-order chi connectivity index (χ1) is 11.5. The van der Waals surface area contributed by atoms with Crippen LogP contribution in [-0.2, 0) is 5.88 Å². The first kappa shape index (κ1) is 16.4. The Balaban J connectivity index is 2.11. The monoisotopic (exact) mass is 347 g/mol. The van der Waals surface area contributed by atoms with Crippen molar-refractivity contribution in [1.29, 1.82) is 0 Å². The van der Waals surface area contributed by atoms with Gasteiger partial charge in [-0.25, -0.2) is 9.97 Å². The van der Waals surface area contributed by atoms with Gasteiger partial charge in [-0.3, -0.25) is 9.36 Å². The Bertz CT molecular complexity index is 958. The molecule has 1 unspecified atom stereocenters. The third-order valence-corrected chi connectivity index (χ3v) is 4.26. The second-order valence-electron chi connectivity index (χ2n) is 5.38. The minimum atomic E-state index is -0.691. The van der Waals surface area contributed by atoms with Crippen LogP contribution in [0.3, 0.4) is 0 Å². The lowest BCUT2D eigenvalue weighted by molar-refractivity contribution is 0.376. The summed E-state index contributed by atoms with van der Waals surface area (Å²) in [7, 11) is 1.37. The molecule has 5 nitrogen and oxygen atoms in total. The molecule has 0 fully saturated rings. The summed E-state index contributed by atoms with van der Waals surface area (Å²) in [6.45, 7) is 1.81. The minimum Gasteiger partial charge on any atom is -0.492 e. The molecule has 2 heterocycles. The number of aromatic nitrogens is 3. The predicted octanol–water partition coefficient (Wildman–Crippen LogP) is 3.29. The Hall–Kier alpha value is -2.47. The molecule has 0 spiro atoms. The van der Waals surface area contributed by atoms with Gasteiger partial charge >= 0.3 is 0 Å². The van der Waals surface area contributed by atoms with E-state index in [1.807, 2.05) is 13.0 Å². The molecule has 1 atom stereocenters. The summed E-state index contributed by atoms with van der Waals surface area (Å²) in [5, 5.41) is 0.490. The van der Waals surface area contributed by atoms with Gasteiger partial charge in [-0.2, -0.15) is 4.39 Å². The highest BCUT2D eigenvalue weighted by atomic mass is 35.5. The third kappa shape index (κ3) is 2.85. The van der Waals surface area contributed by atoms with Crippen LogP contribution < -0.4 is 10.3 Å². The summed E-state index contributed by atoms with van der Waals surface area (Å²) in [4.78, 5) is 20.8. The maximum atomic E-state index is 13.5. The number of ether oxygens (including phenoxy) is 1. The van der Waals surface area contributed by atoms with Gasteiger partial charge in [-0.15, -0.1) is 11.6 Å². The zero-order valence-electron chi connectivity index (χ0n) is 13.2. The Labute approximate surface area is 142 Å². The van der Waals surface area contributed by atoms with Crippen LogP contribution in [0.1, 0.15) is 24.1 Å². The Morgan fingerprint density at radius 1 is 1.33 bits per heavy atom. The van der Waals surface area contributed by atoms with Crippen molar-refractivity contribution in [1.82, 2.24) is 14.5 Å². The molecule has 24 heavy (non-hydrogen) atoms. The fourth-order valence-electron chi connectivity index (χ4n) is 2.52. The van der Waals surface area contributed by atoms with Crippen molar-refractivity contribution < 1.29 is 9.13 Å². The molecule has 3 aromatic rings. The van der Waals surface area contributed by atoms with E-state index in [0.717, 1.165) is 5.56 Å². The maximum absolute atomic E-state index is 13.5. The van der Waals surface area contributed by atoms with Crippen LogP contribution in [0, 0.1) is 5.95 Å². The standard InChI is InChI=1S/C17H15ClFN3O2/c1-10(12-6-15(24-2)16(19)20-8-12)22-9-21-14-4-3-11(7-18)5-13(14)17(22)23/h3-6,8-10H,7H2,1-2H3. The Kier molecular flexibility index (Phi) is 4.49. The highest BCUT2D eigenvalue weighted by Gasteiger charge is 2.15. The normalized spacial score (nSPS) is 12.3. The van der Waals surface area contributed by atoms with Crippen molar-refractivity contribution in [2.45, 2.75) is 18.8 Å². The molecule has 3 rings (SSSR count). The van der Waals surface area contributed by atoms with E-state index < -0.39 is 5.95 Å². The first-order valence-electron chi connectivity index (χ1n) is 7.30. The van der Waals surface area contributed by atoms with Crippen LogP contribution in [0.5, 0.6) is 5.75 Å². The van der Waals surface area contributed by atoms with Crippen LogP contribution in [0.2, 0.25) is 0 Å². The zero-order valence-corrected chi connectivity index (χ0v) is 13.9. The molecule has 0 radical (unpaired) electrons. The molecule has 0 amide bonds. The average molecular weight is 348 g/mol. The number of benzene rings is 1. The maximum Gasteiger partial charge on any atom is 0.261 e. The van der Waals surface area contributed by atoms with Crippen LogP contribution in [0.15, 0.2) is 41.6 Å². The fourth-order valence-corrected chi connectivity index (χ4v) is 2.68. The second kappa shape index (κ2) is 6.57. The molecule has 2 aromatic heterocycles. The largest absolute Gasteiger partial charge is 0.492 e. The molecule has 0 saturated carbocycles. The van der Waals surface area contributed by atoms with Crippen molar-refractivity contribution in [3.8, 4) is 5.75 Å². The van der Waals surface area contributed by atoms with Crippen LogP contribution in [-0.4, -0.2) is 21.6 Å². The van der Waals surface area contributed by atoms with Crippen molar-refractivity contribution in [3.05, 3.63) is 64.2 Å². The summed E-state index contributed by atoms with van der Waals surface area (Å²) in [6.07, 6.45) is 2.86. The van der Waals surface area contributed by atoms with Crippen molar-refractivity contribution >= 4 is 22.5 Å². The zero-order chi connectivity index (χ0) is 17.3. The topological polar surface area (TPSA) is 57.0 Å². The quantitative estimate of drug-likeness (QED) is 0.537. The highest BCUT2D eigenvalue weighted by Crippen LogP contribution is 2.23. The average Bonchev–Trinajstić information content (AvgIpc) is 2.61. The van der Waals surface area contributed by atoms with E-state index in [0.29, 0.717) is 22.3 Å².